The van der Waals surface area contributed by atoms with Crippen LogP contribution in [-0.4, -0.2) is 35.1 Å². The average Bonchev–Trinajstić information content (AvgIpc) is 3.11. The van der Waals surface area contributed by atoms with E-state index in [2.05, 4.69) is 11.4 Å². The van der Waals surface area contributed by atoms with Crippen molar-refractivity contribution >= 4 is 40.6 Å². The molecule has 1 aliphatic heterocycles. The molecule has 3 aromatic carbocycles. The number of hydrogen-bond donors (Lipinski definition) is 1. The van der Waals surface area contributed by atoms with Crippen LogP contribution in [0.4, 0.5) is 10.5 Å². The van der Waals surface area contributed by atoms with Crippen LogP contribution in [0, 0.1) is 13.8 Å². The molecule has 0 atom stereocenters. The van der Waals surface area contributed by atoms with Crippen LogP contribution < -0.4 is 14.8 Å². The van der Waals surface area contributed by atoms with Gasteiger partial charge in [-0.25, -0.2) is 0 Å². The number of hydrogen-bond acceptors (Lipinski definition) is 6. The average molecular weight is 517 g/mol. The smallest absolute Gasteiger partial charge is 0.294 e. The normalized spacial score (nSPS) is 14.2. The van der Waals surface area contributed by atoms with Crippen LogP contribution in [0.2, 0.25) is 0 Å². The van der Waals surface area contributed by atoms with Gasteiger partial charge in [0.2, 0.25) is 5.91 Å². The van der Waals surface area contributed by atoms with E-state index in [1.54, 1.807) is 30.3 Å². The van der Waals surface area contributed by atoms with Gasteiger partial charge in [0.05, 0.1) is 11.5 Å². The number of carbonyl (C=O) groups excluding carboxylic acids is 3. The van der Waals surface area contributed by atoms with Gasteiger partial charge in [-0.3, -0.25) is 19.3 Å². The first-order chi connectivity index (χ1) is 17.8. The van der Waals surface area contributed by atoms with Gasteiger partial charge in [-0.1, -0.05) is 48.0 Å². The van der Waals surface area contributed by atoms with E-state index in [0.717, 1.165) is 33.4 Å². The van der Waals surface area contributed by atoms with Crippen molar-refractivity contribution in [3.05, 3.63) is 93.9 Å². The van der Waals surface area contributed by atoms with Gasteiger partial charge in [-0.15, -0.1) is 0 Å². The van der Waals surface area contributed by atoms with Gasteiger partial charge in [0.1, 0.15) is 13.2 Å². The van der Waals surface area contributed by atoms with Crippen molar-refractivity contribution in [1.82, 2.24) is 4.90 Å². The summed E-state index contributed by atoms with van der Waals surface area (Å²) in [6.07, 6.45) is 1.62. The highest BCUT2D eigenvalue weighted by atomic mass is 32.2. The second-order valence-electron chi connectivity index (χ2n) is 8.60. The highest BCUT2D eigenvalue weighted by Gasteiger charge is 2.36. The molecule has 0 radical (unpaired) electrons. The van der Waals surface area contributed by atoms with E-state index in [-0.39, 0.29) is 11.4 Å². The molecule has 3 amide bonds. The quantitative estimate of drug-likeness (QED) is 0.354. The largest absolute Gasteiger partial charge is 0.490 e. The molecule has 3 aromatic rings. The summed E-state index contributed by atoms with van der Waals surface area (Å²) in [7, 11) is 0. The third kappa shape index (κ3) is 6.80. The van der Waals surface area contributed by atoms with Crippen LogP contribution in [0.5, 0.6) is 11.5 Å². The number of nitrogens with zero attached hydrogens (tertiary/aromatic N) is 1. The first-order valence-electron chi connectivity index (χ1n) is 11.9. The van der Waals surface area contributed by atoms with Crippen molar-refractivity contribution < 1.29 is 23.9 Å². The Labute approximate surface area is 220 Å². The summed E-state index contributed by atoms with van der Waals surface area (Å²) in [6, 6.07) is 20.7. The Kier molecular flexibility index (Phi) is 8.30. The maximum atomic E-state index is 12.9. The van der Waals surface area contributed by atoms with Gasteiger partial charge >= 0.3 is 0 Å². The minimum Gasteiger partial charge on any atom is -0.490 e. The maximum Gasteiger partial charge on any atom is 0.294 e. The van der Waals surface area contributed by atoms with Gasteiger partial charge in [0, 0.05) is 5.69 Å². The number of anilines is 1. The van der Waals surface area contributed by atoms with Crippen molar-refractivity contribution in [3.8, 4) is 11.5 Å². The molecule has 0 aromatic heterocycles. The molecular weight excluding hydrogens is 488 g/mol. The topological polar surface area (TPSA) is 84.9 Å². The number of nitrogens with one attached hydrogen (secondary N) is 1. The van der Waals surface area contributed by atoms with Crippen LogP contribution in [0.1, 0.15) is 29.2 Å². The summed E-state index contributed by atoms with van der Waals surface area (Å²) in [6.45, 7) is 6.30. The Hall–Kier alpha value is -4.04. The molecule has 0 saturated carbocycles. The Morgan fingerprint density at radius 2 is 1.70 bits per heavy atom. The van der Waals surface area contributed by atoms with E-state index < -0.39 is 17.1 Å². The van der Waals surface area contributed by atoms with Crippen LogP contribution in [-0.2, 0) is 16.2 Å². The molecule has 190 valence electrons. The Bertz CT molecular complexity index is 1370. The number of thioether (sulfide) groups is 1. The van der Waals surface area contributed by atoms with Gasteiger partial charge in [-0.2, -0.15) is 0 Å². The highest BCUT2D eigenvalue weighted by molar-refractivity contribution is 8.18. The highest BCUT2D eigenvalue weighted by Crippen LogP contribution is 2.35. The molecule has 37 heavy (non-hydrogen) atoms. The second kappa shape index (κ2) is 11.8. The zero-order valence-corrected chi connectivity index (χ0v) is 21.8. The molecule has 1 saturated heterocycles. The SMILES string of the molecule is CCOc1cc(/C=C2\SC(=O)N(CC(=O)Nc3cccc(C)c3)C2=O)ccc1OCc1cccc(C)c1. The third-order valence-corrected chi connectivity index (χ3v) is 6.43. The minimum atomic E-state index is -0.507. The van der Waals surface area contributed by atoms with Crippen molar-refractivity contribution in [1.29, 1.82) is 0 Å². The summed E-state index contributed by atoms with van der Waals surface area (Å²) in [5, 5.41) is 2.24. The molecule has 4 rings (SSSR count). The lowest BCUT2D eigenvalue weighted by Gasteiger charge is -2.13. The molecule has 1 aliphatic rings. The number of rotatable bonds is 9. The van der Waals surface area contributed by atoms with Crippen LogP contribution >= 0.6 is 11.8 Å². The van der Waals surface area contributed by atoms with Gasteiger partial charge in [0.15, 0.2) is 11.5 Å². The van der Waals surface area contributed by atoms with Gasteiger partial charge in [0.25, 0.3) is 11.1 Å². The Balaban J connectivity index is 1.45. The fourth-order valence-electron chi connectivity index (χ4n) is 3.82. The fraction of sp³-hybridized carbons (Fsp3) is 0.207. The Morgan fingerprint density at radius 1 is 0.946 bits per heavy atom. The van der Waals surface area contributed by atoms with Gasteiger partial charge in [-0.05, 0) is 79.6 Å². The summed E-state index contributed by atoms with van der Waals surface area (Å²) in [4.78, 5) is 39.0. The second-order valence-corrected chi connectivity index (χ2v) is 9.60. The number of imide groups is 1. The maximum absolute atomic E-state index is 12.9. The summed E-state index contributed by atoms with van der Waals surface area (Å²) in [5.41, 5.74) is 4.49. The fourth-order valence-corrected chi connectivity index (χ4v) is 4.66. The van der Waals surface area contributed by atoms with Crippen LogP contribution in [0.25, 0.3) is 6.08 Å². The van der Waals surface area contributed by atoms with E-state index in [1.807, 2.05) is 57.2 Å². The number of ether oxygens (including phenoxy) is 2. The summed E-state index contributed by atoms with van der Waals surface area (Å²) >= 11 is 0.806. The lowest BCUT2D eigenvalue weighted by Crippen LogP contribution is -2.36. The van der Waals surface area contributed by atoms with E-state index >= 15 is 0 Å². The van der Waals surface area contributed by atoms with Crippen molar-refractivity contribution in [2.45, 2.75) is 27.4 Å². The zero-order valence-electron chi connectivity index (χ0n) is 20.9. The lowest BCUT2D eigenvalue weighted by molar-refractivity contribution is -0.127. The van der Waals surface area contributed by atoms with E-state index in [0.29, 0.717) is 36.0 Å². The predicted octanol–water partition coefficient (Wildman–Crippen LogP) is 5.96. The molecule has 0 aliphatic carbocycles. The third-order valence-electron chi connectivity index (χ3n) is 5.52. The van der Waals surface area contributed by atoms with Crippen LogP contribution in [0.15, 0.2) is 71.6 Å². The van der Waals surface area contributed by atoms with E-state index in [1.165, 1.54) is 0 Å². The van der Waals surface area contributed by atoms with Gasteiger partial charge < -0.3 is 14.8 Å². The number of benzene rings is 3. The molecule has 8 heteroatoms. The molecule has 7 nitrogen and oxygen atoms in total. The summed E-state index contributed by atoms with van der Waals surface area (Å²) < 4.78 is 11.8. The van der Waals surface area contributed by atoms with Crippen molar-refractivity contribution in [2.75, 3.05) is 18.5 Å². The van der Waals surface area contributed by atoms with E-state index in [4.69, 9.17) is 9.47 Å². The zero-order chi connectivity index (χ0) is 26.4. The lowest BCUT2D eigenvalue weighted by atomic mass is 10.1. The predicted molar refractivity (Wildman–Crippen MR) is 146 cm³/mol. The summed E-state index contributed by atoms with van der Waals surface area (Å²) in [5.74, 6) is 0.178. The first kappa shape index (κ1) is 26.0. The van der Waals surface area contributed by atoms with Crippen LogP contribution in [0.3, 0.4) is 0 Å². The molecule has 0 spiro atoms. The van der Waals surface area contributed by atoms with Crippen molar-refractivity contribution in [3.63, 3.8) is 0 Å². The molecular formula is C29H28N2O5S. The Morgan fingerprint density at radius 3 is 2.43 bits per heavy atom. The molecule has 1 heterocycles. The van der Waals surface area contributed by atoms with E-state index in [9.17, 15) is 14.4 Å². The molecule has 0 unspecified atom stereocenters. The van der Waals surface area contributed by atoms with Crippen molar-refractivity contribution in [2.24, 2.45) is 0 Å². The number of amides is 3. The minimum absolute atomic E-state index is 0.240. The standard InChI is InChI=1S/C29H28N2O5S/c1-4-35-25-15-21(11-12-24(25)36-18-22-9-5-7-19(2)13-22)16-26-28(33)31(29(34)37-26)17-27(32)30-23-10-6-8-20(3)14-23/h5-16H,4,17-18H2,1-3H3,(H,30,32)/b26-16-. The number of aryl methyl sites for hydroxylation is 2. The number of carbonyl (C=O) groups is 3. The monoisotopic (exact) mass is 516 g/mol. The first-order valence-corrected chi connectivity index (χ1v) is 12.7. The molecule has 0 bridgehead atoms. The molecule has 1 fully saturated rings. The molecule has 1 N–H and O–H groups in total.